The lowest BCUT2D eigenvalue weighted by molar-refractivity contribution is 0.141. The van der Waals surface area contributed by atoms with E-state index in [4.69, 9.17) is 9.47 Å². The lowest BCUT2D eigenvalue weighted by Crippen LogP contribution is -2.19. The van der Waals surface area contributed by atoms with E-state index in [1.54, 1.807) is 0 Å². The van der Waals surface area contributed by atoms with Crippen molar-refractivity contribution >= 4 is 0 Å². The molecule has 2 aromatic rings. The molecule has 1 aliphatic carbocycles. The summed E-state index contributed by atoms with van der Waals surface area (Å²) in [5.41, 5.74) is 6.07. The average molecular weight is 353 g/mol. The summed E-state index contributed by atoms with van der Waals surface area (Å²) in [6.45, 7) is 7.46. The van der Waals surface area contributed by atoms with Crippen molar-refractivity contribution in [2.45, 2.75) is 51.4 Å². The van der Waals surface area contributed by atoms with Crippen LogP contribution in [0.25, 0.3) is 0 Å². The van der Waals surface area contributed by atoms with Crippen LogP contribution in [0.4, 0.5) is 0 Å². The quantitative estimate of drug-likeness (QED) is 0.496. The zero-order valence-electron chi connectivity index (χ0n) is 16.2. The Morgan fingerprint density at radius 3 is 1.27 bits per heavy atom. The van der Waals surface area contributed by atoms with E-state index in [0.29, 0.717) is 11.8 Å². The molecule has 26 heavy (non-hydrogen) atoms. The summed E-state index contributed by atoms with van der Waals surface area (Å²) >= 11 is 0. The molecule has 0 spiro atoms. The molecule has 0 atom stereocenters. The molecule has 0 saturated heterocycles. The molecule has 0 fully saturated rings. The molecule has 2 heteroatoms. The van der Waals surface area contributed by atoms with Gasteiger partial charge in [0.1, 0.15) is 0 Å². The van der Waals surface area contributed by atoms with Crippen molar-refractivity contribution in [3.63, 3.8) is 0 Å². The van der Waals surface area contributed by atoms with Gasteiger partial charge in [-0.05, 0) is 61.8 Å². The molecular formula is C24H32O2. The normalized spacial score (nSPS) is 18.4. The second kappa shape index (κ2) is 9.89. The first-order valence-corrected chi connectivity index (χ1v) is 10.2. The monoisotopic (exact) mass is 352 g/mol. The minimum atomic E-state index is 0.492. The van der Waals surface area contributed by atoms with Crippen molar-refractivity contribution < 1.29 is 9.47 Å². The summed E-state index contributed by atoms with van der Waals surface area (Å²) in [6.07, 6.45) is 4.52. The summed E-state index contributed by atoms with van der Waals surface area (Å²) in [4.78, 5) is 0. The SMILES string of the molecule is CCOCCCC1c2ccccc2C(CCCOCC)c2ccccc21. The number of hydrogen-bond donors (Lipinski definition) is 0. The third kappa shape index (κ3) is 4.36. The van der Waals surface area contributed by atoms with Gasteiger partial charge in [0.15, 0.2) is 0 Å². The summed E-state index contributed by atoms with van der Waals surface area (Å²) in [5.74, 6) is 0.983. The minimum absolute atomic E-state index is 0.492. The topological polar surface area (TPSA) is 18.5 Å². The Morgan fingerprint density at radius 2 is 0.962 bits per heavy atom. The highest BCUT2D eigenvalue weighted by atomic mass is 16.5. The molecule has 0 aromatic heterocycles. The van der Waals surface area contributed by atoms with Crippen LogP contribution >= 0.6 is 0 Å². The van der Waals surface area contributed by atoms with E-state index in [9.17, 15) is 0 Å². The van der Waals surface area contributed by atoms with Crippen molar-refractivity contribution in [3.8, 4) is 0 Å². The fourth-order valence-electron chi connectivity index (χ4n) is 4.32. The summed E-state index contributed by atoms with van der Waals surface area (Å²) in [6, 6.07) is 18.1. The summed E-state index contributed by atoms with van der Waals surface area (Å²) < 4.78 is 11.2. The van der Waals surface area contributed by atoms with Gasteiger partial charge in [0, 0.05) is 38.3 Å². The van der Waals surface area contributed by atoms with Gasteiger partial charge in [-0.3, -0.25) is 0 Å². The Bertz CT molecular complexity index is 574. The van der Waals surface area contributed by atoms with Gasteiger partial charge in [-0.25, -0.2) is 0 Å². The zero-order chi connectivity index (χ0) is 18.2. The molecule has 0 N–H and O–H groups in total. The van der Waals surface area contributed by atoms with Crippen LogP contribution in [-0.2, 0) is 9.47 Å². The van der Waals surface area contributed by atoms with Crippen LogP contribution in [0.15, 0.2) is 48.5 Å². The molecule has 0 amide bonds. The Balaban J connectivity index is 1.85. The molecule has 0 saturated carbocycles. The summed E-state index contributed by atoms with van der Waals surface area (Å²) in [5, 5.41) is 0. The van der Waals surface area contributed by atoms with E-state index in [0.717, 1.165) is 52.1 Å². The van der Waals surface area contributed by atoms with Crippen LogP contribution in [0.5, 0.6) is 0 Å². The first kappa shape index (κ1) is 19.1. The maximum atomic E-state index is 5.58. The molecule has 0 unspecified atom stereocenters. The largest absolute Gasteiger partial charge is 0.382 e. The van der Waals surface area contributed by atoms with Gasteiger partial charge in [0.2, 0.25) is 0 Å². The van der Waals surface area contributed by atoms with Gasteiger partial charge in [-0.2, -0.15) is 0 Å². The van der Waals surface area contributed by atoms with Gasteiger partial charge in [0.05, 0.1) is 0 Å². The Kier molecular flexibility index (Phi) is 7.28. The maximum absolute atomic E-state index is 5.58. The molecule has 140 valence electrons. The van der Waals surface area contributed by atoms with Gasteiger partial charge in [-0.1, -0.05) is 48.5 Å². The molecule has 0 bridgehead atoms. The van der Waals surface area contributed by atoms with E-state index in [2.05, 4.69) is 62.4 Å². The Morgan fingerprint density at radius 1 is 0.615 bits per heavy atom. The van der Waals surface area contributed by atoms with Gasteiger partial charge < -0.3 is 9.47 Å². The van der Waals surface area contributed by atoms with E-state index in [-0.39, 0.29) is 0 Å². The second-order valence-corrected chi connectivity index (χ2v) is 7.04. The molecule has 2 aromatic carbocycles. The fraction of sp³-hybridized carbons (Fsp3) is 0.500. The highest BCUT2D eigenvalue weighted by molar-refractivity contribution is 5.52. The van der Waals surface area contributed by atoms with Crippen LogP contribution in [0, 0.1) is 0 Å². The third-order valence-electron chi connectivity index (χ3n) is 5.46. The standard InChI is InChI=1S/C24H32O2/c1-3-25-17-9-15-23-19-11-5-7-13-21(19)24(16-10-18-26-4-2)22-14-8-6-12-20(22)23/h5-8,11-14,23-24H,3-4,9-10,15-18H2,1-2H3. The third-order valence-corrected chi connectivity index (χ3v) is 5.46. The minimum Gasteiger partial charge on any atom is -0.382 e. The van der Waals surface area contributed by atoms with E-state index in [1.807, 2.05) is 0 Å². The smallest absolute Gasteiger partial charge is 0.0466 e. The number of rotatable bonds is 10. The van der Waals surface area contributed by atoms with Crippen LogP contribution in [0.2, 0.25) is 0 Å². The molecular weight excluding hydrogens is 320 g/mol. The first-order chi connectivity index (χ1) is 12.9. The van der Waals surface area contributed by atoms with Crippen molar-refractivity contribution in [1.82, 2.24) is 0 Å². The van der Waals surface area contributed by atoms with Crippen molar-refractivity contribution in [2.24, 2.45) is 0 Å². The second-order valence-electron chi connectivity index (χ2n) is 7.04. The van der Waals surface area contributed by atoms with Crippen LogP contribution in [0.3, 0.4) is 0 Å². The maximum Gasteiger partial charge on any atom is 0.0466 e. The number of hydrogen-bond acceptors (Lipinski definition) is 2. The van der Waals surface area contributed by atoms with Crippen LogP contribution < -0.4 is 0 Å². The van der Waals surface area contributed by atoms with Crippen molar-refractivity contribution in [2.75, 3.05) is 26.4 Å². The zero-order valence-corrected chi connectivity index (χ0v) is 16.2. The highest BCUT2D eigenvalue weighted by Crippen LogP contribution is 2.46. The molecule has 0 aliphatic heterocycles. The molecule has 2 nitrogen and oxygen atoms in total. The van der Waals surface area contributed by atoms with E-state index >= 15 is 0 Å². The van der Waals surface area contributed by atoms with Crippen LogP contribution in [-0.4, -0.2) is 26.4 Å². The van der Waals surface area contributed by atoms with Crippen molar-refractivity contribution in [3.05, 3.63) is 70.8 Å². The average Bonchev–Trinajstić information content (AvgIpc) is 2.69. The lowest BCUT2D eigenvalue weighted by atomic mass is 9.70. The van der Waals surface area contributed by atoms with Crippen molar-refractivity contribution in [1.29, 1.82) is 0 Å². The number of ether oxygens (including phenoxy) is 2. The van der Waals surface area contributed by atoms with E-state index in [1.165, 1.54) is 22.3 Å². The fourth-order valence-corrected chi connectivity index (χ4v) is 4.32. The van der Waals surface area contributed by atoms with Crippen LogP contribution in [0.1, 0.15) is 73.6 Å². The Labute approximate surface area is 158 Å². The molecule has 0 heterocycles. The first-order valence-electron chi connectivity index (χ1n) is 10.2. The van der Waals surface area contributed by atoms with Gasteiger partial charge in [-0.15, -0.1) is 0 Å². The summed E-state index contributed by atoms with van der Waals surface area (Å²) in [7, 11) is 0. The highest BCUT2D eigenvalue weighted by Gasteiger charge is 2.31. The number of benzene rings is 2. The predicted molar refractivity (Wildman–Crippen MR) is 108 cm³/mol. The molecule has 1 aliphatic rings. The molecule has 3 rings (SSSR count). The Hall–Kier alpha value is -1.64. The number of fused-ring (bicyclic) bond motifs is 2. The van der Waals surface area contributed by atoms with E-state index < -0.39 is 0 Å². The van der Waals surface area contributed by atoms with Gasteiger partial charge >= 0.3 is 0 Å². The molecule has 0 radical (unpaired) electrons. The lowest BCUT2D eigenvalue weighted by Gasteiger charge is -2.34. The van der Waals surface area contributed by atoms with Gasteiger partial charge in [0.25, 0.3) is 0 Å². The predicted octanol–water partition coefficient (Wildman–Crippen LogP) is 5.90.